The number of hydrogen-bond donors (Lipinski definition) is 0. The van der Waals surface area contributed by atoms with E-state index in [1.807, 2.05) is 13.0 Å². The lowest BCUT2D eigenvalue weighted by Gasteiger charge is -2.15. The molecule has 6 heteroatoms. The summed E-state index contributed by atoms with van der Waals surface area (Å²) in [6.07, 6.45) is 1.62. The third-order valence-electron chi connectivity index (χ3n) is 4.63. The fourth-order valence-corrected chi connectivity index (χ4v) is 4.52. The van der Waals surface area contributed by atoms with Crippen LogP contribution in [0.25, 0.3) is 0 Å². The molecule has 0 aliphatic heterocycles. The topological polar surface area (TPSA) is 73.6 Å². The number of aryl methyl sites for hydroxylation is 1. The van der Waals surface area contributed by atoms with Crippen molar-refractivity contribution in [2.45, 2.75) is 49.0 Å². The van der Waals surface area contributed by atoms with Gasteiger partial charge in [0.25, 0.3) is 0 Å². The predicted octanol–water partition coefficient (Wildman–Crippen LogP) is 5.51. The van der Waals surface area contributed by atoms with Gasteiger partial charge < -0.3 is 9.15 Å². The number of rotatable bonds is 8. The van der Waals surface area contributed by atoms with E-state index in [0.29, 0.717) is 17.7 Å². The first-order chi connectivity index (χ1) is 13.9. The Bertz CT molecular complexity index is 1050. The fraction of sp³-hybridized carbons (Fsp3) is 0.261. The minimum absolute atomic E-state index is 0.0935. The van der Waals surface area contributed by atoms with Crippen molar-refractivity contribution in [1.82, 2.24) is 0 Å². The number of benzene rings is 2. The van der Waals surface area contributed by atoms with E-state index in [9.17, 15) is 13.2 Å². The predicted molar refractivity (Wildman–Crippen MR) is 109 cm³/mol. The summed E-state index contributed by atoms with van der Waals surface area (Å²) in [5.74, 6) is 0.157. The molecule has 0 N–H and O–H groups in total. The Morgan fingerprint density at radius 2 is 1.66 bits per heavy atom. The van der Waals surface area contributed by atoms with Crippen LogP contribution in [0.3, 0.4) is 0 Å². The number of ether oxygens (including phenoxy) is 1. The van der Waals surface area contributed by atoms with Crippen molar-refractivity contribution in [3.8, 4) is 0 Å². The summed E-state index contributed by atoms with van der Waals surface area (Å²) in [6.45, 7) is 3.64. The van der Waals surface area contributed by atoms with Crippen molar-refractivity contribution in [2.75, 3.05) is 0 Å². The second-order valence-corrected chi connectivity index (χ2v) is 8.71. The Labute approximate surface area is 171 Å². The first-order valence-electron chi connectivity index (χ1n) is 9.60. The molecule has 0 amide bonds. The summed E-state index contributed by atoms with van der Waals surface area (Å²) in [5.41, 5.74) is 0.439. The van der Waals surface area contributed by atoms with E-state index in [1.54, 1.807) is 61.5 Å². The molecule has 1 heterocycles. The smallest absolute Gasteiger partial charge is 0.338 e. The summed E-state index contributed by atoms with van der Waals surface area (Å²) in [6, 6.07) is 18.4. The molecule has 0 saturated heterocycles. The second-order valence-electron chi connectivity index (χ2n) is 6.79. The zero-order valence-electron chi connectivity index (χ0n) is 16.5. The second kappa shape index (κ2) is 9.09. The molecule has 0 fully saturated rings. The van der Waals surface area contributed by atoms with E-state index in [0.717, 1.165) is 12.8 Å². The van der Waals surface area contributed by atoms with Crippen LogP contribution in [0.4, 0.5) is 0 Å². The van der Waals surface area contributed by atoms with Crippen molar-refractivity contribution >= 4 is 15.8 Å². The number of furan rings is 1. The van der Waals surface area contributed by atoms with Crippen molar-refractivity contribution in [3.05, 3.63) is 83.8 Å². The van der Waals surface area contributed by atoms with Crippen LogP contribution in [-0.2, 0) is 14.6 Å². The molecule has 5 nitrogen and oxygen atoms in total. The number of carbonyl (C=O) groups excluding carboxylic acids is 1. The summed E-state index contributed by atoms with van der Waals surface area (Å²) in [4.78, 5) is 12.8. The summed E-state index contributed by atoms with van der Waals surface area (Å²) in [5, 5.41) is 0. The molecular weight excluding hydrogens is 388 g/mol. The van der Waals surface area contributed by atoms with Gasteiger partial charge in [-0.25, -0.2) is 13.2 Å². The lowest BCUT2D eigenvalue weighted by Crippen LogP contribution is -2.11. The quantitative estimate of drug-likeness (QED) is 0.456. The first-order valence-corrected chi connectivity index (χ1v) is 11.1. The Kier molecular flexibility index (Phi) is 6.54. The molecule has 0 saturated carbocycles. The third-order valence-corrected chi connectivity index (χ3v) is 6.51. The van der Waals surface area contributed by atoms with E-state index in [1.165, 1.54) is 6.07 Å². The molecule has 1 atom stereocenters. The zero-order chi connectivity index (χ0) is 20.9. The highest BCUT2D eigenvalue weighted by molar-refractivity contribution is 7.91. The van der Waals surface area contributed by atoms with E-state index in [-0.39, 0.29) is 15.6 Å². The molecule has 1 unspecified atom stereocenters. The van der Waals surface area contributed by atoms with Gasteiger partial charge in [0, 0.05) is 6.07 Å². The summed E-state index contributed by atoms with van der Waals surface area (Å²) >= 11 is 0. The van der Waals surface area contributed by atoms with E-state index >= 15 is 0 Å². The highest BCUT2D eigenvalue weighted by atomic mass is 32.2. The van der Waals surface area contributed by atoms with Gasteiger partial charge in [0.2, 0.25) is 9.84 Å². The van der Waals surface area contributed by atoms with Crippen LogP contribution < -0.4 is 0 Å². The monoisotopic (exact) mass is 412 g/mol. The van der Waals surface area contributed by atoms with Crippen molar-refractivity contribution in [2.24, 2.45) is 0 Å². The highest BCUT2D eigenvalue weighted by Crippen LogP contribution is 2.33. The Hall–Kier alpha value is -2.86. The molecule has 0 radical (unpaired) electrons. The van der Waals surface area contributed by atoms with Crippen molar-refractivity contribution in [1.29, 1.82) is 0 Å². The molecule has 152 valence electrons. The number of hydrogen-bond acceptors (Lipinski definition) is 5. The number of carbonyl (C=O) groups is 1. The molecule has 0 spiro atoms. The van der Waals surface area contributed by atoms with Gasteiger partial charge in [-0.05, 0) is 44.0 Å². The third kappa shape index (κ3) is 4.77. The summed E-state index contributed by atoms with van der Waals surface area (Å²) < 4.78 is 37.4. The van der Waals surface area contributed by atoms with Crippen LogP contribution >= 0.6 is 0 Å². The van der Waals surface area contributed by atoms with Gasteiger partial charge in [-0.2, -0.15) is 0 Å². The lowest BCUT2D eigenvalue weighted by molar-refractivity contribution is 0.0214. The maximum atomic E-state index is 13.0. The molecule has 1 aromatic heterocycles. The van der Waals surface area contributed by atoms with Crippen molar-refractivity contribution < 1.29 is 22.4 Å². The van der Waals surface area contributed by atoms with E-state index in [4.69, 9.17) is 9.15 Å². The number of esters is 1. The maximum Gasteiger partial charge on any atom is 0.338 e. The molecule has 0 aliphatic rings. The summed E-state index contributed by atoms with van der Waals surface area (Å²) in [7, 11) is -3.72. The highest BCUT2D eigenvalue weighted by Gasteiger charge is 2.28. The largest absolute Gasteiger partial charge is 0.461 e. The average Bonchev–Trinajstić information content (AvgIpc) is 3.14. The van der Waals surface area contributed by atoms with Gasteiger partial charge in [-0.3, -0.25) is 0 Å². The van der Waals surface area contributed by atoms with Gasteiger partial charge in [-0.15, -0.1) is 0 Å². The normalized spacial score (nSPS) is 12.5. The van der Waals surface area contributed by atoms with Crippen molar-refractivity contribution in [3.63, 3.8) is 0 Å². The minimum Gasteiger partial charge on any atom is -0.461 e. The average molecular weight is 413 g/mol. The maximum absolute atomic E-state index is 13.0. The molecule has 0 bridgehead atoms. The molecule has 3 rings (SSSR count). The van der Waals surface area contributed by atoms with Gasteiger partial charge in [0.1, 0.15) is 16.4 Å². The molecule has 29 heavy (non-hydrogen) atoms. The van der Waals surface area contributed by atoms with Crippen LogP contribution in [0, 0.1) is 6.92 Å². The van der Waals surface area contributed by atoms with Gasteiger partial charge in [0.05, 0.1) is 10.5 Å². The number of sulfone groups is 1. The van der Waals surface area contributed by atoms with Crippen LogP contribution in [0.15, 0.2) is 80.9 Å². The molecule has 3 aromatic rings. The number of unbranched alkanes of at least 4 members (excludes halogenated alkanes) is 1. The Balaban J connectivity index is 1.91. The lowest BCUT2D eigenvalue weighted by atomic mass is 10.1. The van der Waals surface area contributed by atoms with E-state index < -0.39 is 21.9 Å². The Morgan fingerprint density at radius 1 is 1.03 bits per heavy atom. The molecule has 2 aromatic carbocycles. The van der Waals surface area contributed by atoms with Gasteiger partial charge in [-0.1, -0.05) is 49.7 Å². The van der Waals surface area contributed by atoms with Crippen LogP contribution in [0.5, 0.6) is 0 Å². The van der Waals surface area contributed by atoms with Crippen LogP contribution in [-0.4, -0.2) is 14.4 Å². The van der Waals surface area contributed by atoms with Gasteiger partial charge >= 0.3 is 5.97 Å². The van der Waals surface area contributed by atoms with Crippen LogP contribution in [0.2, 0.25) is 0 Å². The Morgan fingerprint density at radius 3 is 2.28 bits per heavy atom. The van der Waals surface area contributed by atoms with E-state index in [2.05, 4.69) is 0 Å². The molecular formula is C23H24O5S. The standard InChI is InChI=1S/C23H24O5S/c1-3-4-15-20(28-23(24)18-11-7-5-8-12-18)21-16-22(17(2)27-21)29(25,26)19-13-9-6-10-14-19/h5-14,16,20H,3-4,15H2,1-2H3. The SMILES string of the molecule is CCCCC(OC(=O)c1ccccc1)c1cc(S(=O)(=O)c2ccccc2)c(C)o1. The molecule has 0 aliphatic carbocycles. The fourth-order valence-electron chi connectivity index (χ4n) is 3.06. The van der Waals surface area contributed by atoms with Gasteiger partial charge in [0.15, 0.2) is 6.10 Å². The minimum atomic E-state index is -3.72. The van der Waals surface area contributed by atoms with Crippen LogP contribution in [0.1, 0.15) is 54.2 Å². The zero-order valence-corrected chi connectivity index (χ0v) is 17.3. The first kappa shape index (κ1) is 20.9.